The summed E-state index contributed by atoms with van der Waals surface area (Å²) in [5, 5.41) is 11.7. The summed E-state index contributed by atoms with van der Waals surface area (Å²) in [4.78, 5) is 24.3. The van der Waals surface area contributed by atoms with Gasteiger partial charge in [-0.2, -0.15) is 0 Å². The number of aliphatic carboxylic acids is 1. The normalized spacial score (nSPS) is 30.4. The molecule has 0 radical (unpaired) electrons. The Morgan fingerprint density at radius 2 is 2.25 bits per heavy atom. The van der Waals surface area contributed by atoms with Crippen molar-refractivity contribution in [2.75, 3.05) is 26.2 Å². The maximum atomic E-state index is 11.9. The Morgan fingerprint density at radius 3 is 2.88 bits per heavy atom. The van der Waals surface area contributed by atoms with Crippen LogP contribution in [-0.2, 0) is 14.3 Å². The van der Waals surface area contributed by atoms with Gasteiger partial charge in [0.2, 0.25) is 0 Å². The van der Waals surface area contributed by atoms with Crippen LogP contribution in [0.5, 0.6) is 0 Å². The molecule has 6 heteroatoms. The summed E-state index contributed by atoms with van der Waals surface area (Å²) < 4.78 is 5.30. The number of carbonyl (C=O) groups excluding carboxylic acids is 1. The van der Waals surface area contributed by atoms with E-state index in [9.17, 15) is 9.59 Å². The van der Waals surface area contributed by atoms with Gasteiger partial charge in [-0.25, -0.2) is 0 Å². The molecule has 90 valence electrons. The zero-order chi connectivity index (χ0) is 11.5. The number of hydrogen-bond acceptors (Lipinski definition) is 4. The summed E-state index contributed by atoms with van der Waals surface area (Å²) >= 11 is 0. The second kappa shape index (κ2) is 4.80. The van der Waals surface area contributed by atoms with Gasteiger partial charge in [-0.05, 0) is 12.8 Å². The van der Waals surface area contributed by atoms with Crippen LogP contribution in [0.25, 0.3) is 0 Å². The minimum absolute atomic E-state index is 0.0646. The Hall–Kier alpha value is -1.14. The molecule has 0 aromatic rings. The molecule has 6 nitrogen and oxygen atoms in total. The fraction of sp³-hybridized carbons (Fsp3) is 0.800. The smallest absolute Gasteiger partial charge is 0.322 e. The first kappa shape index (κ1) is 11.3. The summed E-state index contributed by atoms with van der Waals surface area (Å²) in [6, 6.07) is -0.654. The molecule has 0 bridgehead atoms. The zero-order valence-electron chi connectivity index (χ0n) is 9.02. The lowest BCUT2D eigenvalue weighted by atomic mass is 10.1. The number of ether oxygens (including phenoxy) is 1. The summed E-state index contributed by atoms with van der Waals surface area (Å²) in [5.74, 6) is -0.977. The molecule has 2 rings (SSSR count). The van der Waals surface area contributed by atoms with E-state index in [-0.39, 0.29) is 18.6 Å². The molecular formula is C10H16N2O4. The van der Waals surface area contributed by atoms with Crippen LogP contribution < -0.4 is 5.32 Å². The van der Waals surface area contributed by atoms with Crippen molar-refractivity contribution in [2.24, 2.45) is 0 Å². The fourth-order valence-electron chi connectivity index (χ4n) is 2.09. The lowest BCUT2D eigenvalue weighted by Crippen LogP contribution is -2.57. The third-order valence-electron chi connectivity index (χ3n) is 2.99. The predicted octanol–water partition coefficient (Wildman–Crippen LogP) is -0.950. The quantitative estimate of drug-likeness (QED) is 0.637. The average molecular weight is 228 g/mol. The number of amides is 1. The third kappa shape index (κ3) is 2.33. The van der Waals surface area contributed by atoms with Gasteiger partial charge in [0.15, 0.2) is 0 Å². The largest absolute Gasteiger partial charge is 0.480 e. The lowest BCUT2D eigenvalue weighted by Gasteiger charge is -2.32. The Bertz CT molecular complexity index is 289. The van der Waals surface area contributed by atoms with Crippen molar-refractivity contribution in [3.8, 4) is 0 Å². The molecule has 2 saturated heterocycles. The van der Waals surface area contributed by atoms with E-state index in [1.54, 1.807) is 4.90 Å². The molecule has 0 aliphatic carbocycles. The monoisotopic (exact) mass is 228 g/mol. The second-order valence-electron chi connectivity index (χ2n) is 4.13. The molecule has 0 aromatic heterocycles. The van der Waals surface area contributed by atoms with Crippen LogP contribution in [0, 0.1) is 0 Å². The SMILES string of the molecule is O=C(O)C1CN(C(=O)C2CCCO2)CCN1. The number of hydrogen-bond donors (Lipinski definition) is 2. The van der Waals surface area contributed by atoms with Gasteiger partial charge in [0.25, 0.3) is 5.91 Å². The van der Waals surface area contributed by atoms with Crippen molar-refractivity contribution in [3.63, 3.8) is 0 Å². The number of carboxylic acids is 1. The van der Waals surface area contributed by atoms with Crippen LogP contribution in [0.4, 0.5) is 0 Å². The Balaban J connectivity index is 1.93. The molecule has 2 fully saturated rings. The van der Waals surface area contributed by atoms with Gasteiger partial charge < -0.3 is 20.1 Å². The summed E-state index contributed by atoms with van der Waals surface area (Å²) in [7, 11) is 0. The van der Waals surface area contributed by atoms with E-state index in [2.05, 4.69) is 5.32 Å². The zero-order valence-corrected chi connectivity index (χ0v) is 9.02. The highest BCUT2D eigenvalue weighted by molar-refractivity contribution is 5.82. The summed E-state index contributed by atoms with van der Waals surface area (Å²) in [5.41, 5.74) is 0. The van der Waals surface area contributed by atoms with Crippen LogP contribution in [-0.4, -0.2) is 60.3 Å². The minimum Gasteiger partial charge on any atom is -0.480 e. The van der Waals surface area contributed by atoms with E-state index >= 15 is 0 Å². The van der Waals surface area contributed by atoms with Crippen LogP contribution in [0.2, 0.25) is 0 Å². The molecule has 2 aliphatic rings. The first-order valence-electron chi connectivity index (χ1n) is 5.55. The van der Waals surface area contributed by atoms with Crippen molar-refractivity contribution < 1.29 is 19.4 Å². The molecule has 2 N–H and O–H groups in total. The van der Waals surface area contributed by atoms with Gasteiger partial charge in [-0.3, -0.25) is 9.59 Å². The molecule has 2 aliphatic heterocycles. The predicted molar refractivity (Wildman–Crippen MR) is 55.0 cm³/mol. The van der Waals surface area contributed by atoms with Gasteiger partial charge in [0.05, 0.1) is 0 Å². The van der Waals surface area contributed by atoms with Crippen LogP contribution in [0.3, 0.4) is 0 Å². The van der Waals surface area contributed by atoms with Crippen LogP contribution in [0.1, 0.15) is 12.8 Å². The standard InChI is InChI=1S/C10H16N2O4/c13-9(8-2-1-5-16-8)12-4-3-11-7(6-12)10(14)15/h7-8,11H,1-6H2,(H,14,15). The minimum atomic E-state index is -0.912. The number of rotatable bonds is 2. The summed E-state index contributed by atoms with van der Waals surface area (Å²) in [6.07, 6.45) is 1.30. The Kier molecular flexibility index (Phi) is 3.40. The number of carboxylic acid groups (broad SMARTS) is 1. The average Bonchev–Trinajstić information content (AvgIpc) is 2.81. The molecule has 0 spiro atoms. The van der Waals surface area contributed by atoms with Crippen LogP contribution in [0.15, 0.2) is 0 Å². The number of nitrogens with zero attached hydrogens (tertiary/aromatic N) is 1. The van der Waals surface area contributed by atoms with Crippen molar-refractivity contribution >= 4 is 11.9 Å². The third-order valence-corrected chi connectivity index (χ3v) is 2.99. The highest BCUT2D eigenvalue weighted by Gasteiger charge is 2.33. The maximum absolute atomic E-state index is 11.9. The van der Waals surface area contributed by atoms with E-state index in [1.165, 1.54) is 0 Å². The molecule has 16 heavy (non-hydrogen) atoms. The molecular weight excluding hydrogens is 212 g/mol. The topological polar surface area (TPSA) is 78.9 Å². The molecule has 2 unspecified atom stereocenters. The molecule has 0 saturated carbocycles. The van der Waals surface area contributed by atoms with Gasteiger partial charge >= 0.3 is 5.97 Å². The second-order valence-corrected chi connectivity index (χ2v) is 4.13. The molecule has 1 amide bonds. The Labute approximate surface area is 93.6 Å². The van der Waals surface area contributed by atoms with Gasteiger partial charge in [-0.1, -0.05) is 0 Å². The summed E-state index contributed by atoms with van der Waals surface area (Å²) in [6.45, 7) is 1.94. The van der Waals surface area contributed by atoms with Gasteiger partial charge in [-0.15, -0.1) is 0 Å². The first-order chi connectivity index (χ1) is 7.68. The number of nitrogens with one attached hydrogen (secondary N) is 1. The van der Waals surface area contributed by atoms with E-state index in [0.29, 0.717) is 19.7 Å². The van der Waals surface area contributed by atoms with E-state index in [0.717, 1.165) is 12.8 Å². The molecule has 2 atom stereocenters. The van der Waals surface area contributed by atoms with E-state index in [4.69, 9.17) is 9.84 Å². The van der Waals surface area contributed by atoms with Gasteiger partial charge in [0.1, 0.15) is 12.1 Å². The fourth-order valence-corrected chi connectivity index (χ4v) is 2.09. The lowest BCUT2D eigenvalue weighted by molar-refractivity contribution is -0.146. The van der Waals surface area contributed by atoms with E-state index < -0.39 is 12.0 Å². The first-order valence-corrected chi connectivity index (χ1v) is 5.55. The highest BCUT2D eigenvalue weighted by Crippen LogP contribution is 2.15. The maximum Gasteiger partial charge on any atom is 0.322 e. The Morgan fingerprint density at radius 1 is 1.44 bits per heavy atom. The van der Waals surface area contributed by atoms with Crippen molar-refractivity contribution in [1.29, 1.82) is 0 Å². The van der Waals surface area contributed by atoms with E-state index in [1.807, 2.05) is 0 Å². The van der Waals surface area contributed by atoms with Crippen molar-refractivity contribution in [1.82, 2.24) is 10.2 Å². The van der Waals surface area contributed by atoms with Gasteiger partial charge in [0, 0.05) is 26.2 Å². The van der Waals surface area contributed by atoms with Crippen molar-refractivity contribution in [2.45, 2.75) is 25.0 Å². The number of piperazine rings is 1. The van der Waals surface area contributed by atoms with Crippen LogP contribution >= 0.6 is 0 Å². The molecule has 0 aromatic carbocycles. The highest BCUT2D eigenvalue weighted by atomic mass is 16.5. The number of carbonyl (C=O) groups is 2. The molecule has 2 heterocycles. The van der Waals surface area contributed by atoms with Crippen molar-refractivity contribution in [3.05, 3.63) is 0 Å².